The summed E-state index contributed by atoms with van der Waals surface area (Å²) in [6.07, 6.45) is 1.36. The van der Waals surface area contributed by atoms with Crippen LogP contribution >= 0.6 is 11.6 Å². The van der Waals surface area contributed by atoms with Crippen LogP contribution in [-0.4, -0.2) is 18.0 Å². The molecule has 0 aliphatic carbocycles. The second-order valence-electron chi connectivity index (χ2n) is 6.57. The molecule has 0 atom stereocenters. The largest absolute Gasteiger partial charge is 0.489 e. The third-order valence-corrected chi connectivity index (χ3v) is 4.63. The molecule has 0 fully saturated rings. The molecule has 8 heteroatoms. The maximum Gasteiger partial charge on any atom is 0.329 e. The van der Waals surface area contributed by atoms with Gasteiger partial charge in [-0.05, 0) is 48.4 Å². The first-order chi connectivity index (χ1) is 14.9. The summed E-state index contributed by atoms with van der Waals surface area (Å²) in [7, 11) is 0. The zero-order valence-electron chi connectivity index (χ0n) is 16.6. The van der Waals surface area contributed by atoms with Crippen LogP contribution in [0.2, 0.25) is 5.02 Å². The number of carbonyl (C=O) groups excluding carboxylic acids is 2. The molecule has 0 radical (unpaired) electrons. The quantitative estimate of drug-likeness (QED) is 0.338. The van der Waals surface area contributed by atoms with Crippen LogP contribution < -0.4 is 15.5 Å². The highest BCUT2D eigenvalue weighted by Crippen LogP contribution is 2.20. The molecule has 2 N–H and O–H groups in total. The fraction of sp³-hybridized carbons (Fsp3) is 0.0870. The van der Waals surface area contributed by atoms with E-state index < -0.39 is 11.8 Å². The number of aryl methyl sites for hydroxylation is 1. The lowest BCUT2D eigenvalue weighted by molar-refractivity contribution is -0.136. The van der Waals surface area contributed by atoms with Crippen molar-refractivity contribution in [1.29, 1.82) is 0 Å². The highest BCUT2D eigenvalue weighted by molar-refractivity contribution is 6.39. The normalized spacial score (nSPS) is 10.7. The summed E-state index contributed by atoms with van der Waals surface area (Å²) >= 11 is 6.00. The number of carbonyl (C=O) groups is 2. The highest BCUT2D eigenvalue weighted by Gasteiger charge is 2.13. The Morgan fingerprint density at radius 2 is 1.87 bits per heavy atom. The maximum atomic E-state index is 13.7. The van der Waals surface area contributed by atoms with Gasteiger partial charge < -0.3 is 10.1 Å². The van der Waals surface area contributed by atoms with Gasteiger partial charge in [-0.25, -0.2) is 9.82 Å². The predicted molar refractivity (Wildman–Crippen MR) is 118 cm³/mol. The van der Waals surface area contributed by atoms with E-state index in [-0.39, 0.29) is 12.4 Å². The van der Waals surface area contributed by atoms with Gasteiger partial charge in [-0.15, -0.1) is 0 Å². The van der Waals surface area contributed by atoms with Gasteiger partial charge in [0.05, 0.1) is 6.21 Å². The number of amides is 2. The zero-order chi connectivity index (χ0) is 22.2. The number of ether oxygens (including phenoxy) is 1. The molecule has 2 amide bonds. The van der Waals surface area contributed by atoms with Crippen molar-refractivity contribution in [2.45, 2.75) is 13.5 Å². The molecule has 0 bridgehead atoms. The number of hydrogen-bond acceptors (Lipinski definition) is 4. The summed E-state index contributed by atoms with van der Waals surface area (Å²) in [6, 6.07) is 18.1. The second kappa shape index (κ2) is 10.4. The molecule has 3 aromatic carbocycles. The van der Waals surface area contributed by atoms with Crippen LogP contribution in [-0.2, 0) is 16.2 Å². The van der Waals surface area contributed by atoms with Gasteiger partial charge in [0.15, 0.2) is 0 Å². The molecule has 0 aliphatic heterocycles. The topological polar surface area (TPSA) is 79.8 Å². The van der Waals surface area contributed by atoms with E-state index in [0.717, 1.165) is 5.56 Å². The smallest absolute Gasteiger partial charge is 0.329 e. The van der Waals surface area contributed by atoms with Gasteiger partial charge in [-0.3, -0.25) is 9.59 Å². The summed E-state index contributed by atoms with van der Waals surface area (Å²) in [4.78, 5) is 23.9. The molecule has 0 heterocycles. The summed E-state index contributed by atoms with van der Waals surface area (Å²) in [5, 5.41) is 6.71. The number of hydrazone groups is 1. The fourth-order valence-corrected chi connectivity index (χ4v) is 2.72. The van der Waals surface area contributed by atoms with Crippen molar-refractivity contribution in [3.63, 3.8) is 0 Å². The standard InChI is InChI=1S/C23H19ClFN3O3/c1-15-9-10-18(12-20(15)24)27-22(29)23(30)28-26-13-16-5-4-7-19(11-16)31-14-17-6-2-3-8-21(17)25/h2-13H,14H2,1H3,(H,27,29)(H,28,30). The van der Waals surface area contributed by atoms with Crippen molar-refractivity contribution in [3.05, 3.63) is 94.3 Å². The van der Waals surface area contributed by atoms with Crippen LogP contribution in [0.3, 0.4) is 0 Å². The number of hydrogen-bond donors (Lipinski definition) is 2. The van der Waals surface area contributed by atoms with Crippen LogP contribution in [0.25, 0.3) is 0 Å². The molecule has 31 heavy (non-hydrogen) atoms. The third kappa shape index (κ3) is 6.38. The number of nitrogens with zero attached hydrogens (tertiary/aromatic N) is 1. The molecule has 158 valence electrons. The Morgan fingerprint density at radius 3 is 2.65 bits per heavy atom. The first kappa shape index (κ1) is 22.0. The molecular formula is C23H19ClFN3O3. The van der Waals surface area contributed by atoms with E-state index in [1.807, 2.05) is 6.92 Å². The van der Waals surface area contributed by atoms with Crippen LogP contribution in [0.15, 0.2) is 71.8 Å². The Balaban J connectivity index is 1.53. The Hall–Kier alpha value is -3.71. The van der Waals surface area contributed by atoms with Crippen molar-refractivity contribution in [3.8, 4) is 5.75 Å². The van der Waals surface area contributed by atoms with Crippen LogP contribution in [0, 0.1) is 12.7 Å². The van der Waals surface area contributed by atoms with E-state index in [2.05, 4.69) is 15.8 Å². The van der Waals surface area contributed by atoms with Gasteiger partial charge in [0, 0.05) is 16.3 Å². The molecule has 6 nitrogen and oxygen atoms in total. The lowest BCUT2D eigenvalue weighted by atomic mass is 10.2. The zero-order valence-corrected chi connectivity index (χ0v) is 17.3. The van der Waals surface area contributed by atoms with Gasteiger partial charge in [0.1, 0.15) is 18.2 Å². The number of anilines is 1. The van der Waals surface area contributed by atoms with E-state index in [1.165, 1.54) is 12.3 Å². The molecule has 0 aliphatic rings. The summed E-state index contributed by atoms with van der Waals surface area (Å²) in [5.41, 5.74) is 4.48. The van der Waals surface area contributed by atoms with E-state index in [4.69, 9.17) is 16.3 Å². The minimum atomic E-state index is -0.931. The number of halogens is 2. The number of rotatable bonds is 6. The lowest BCUT2D eigenvalue weighted by Gasteiger charge is -2.07. The molecule has 3 aromatic rings. The van der Waals surface area contributed by atoms with Crippen molar-refractivity contribution >= 4 is 35.3 Å². The summed E-state index contributed by atoms with van der Waals surface area (Å²) < 4.78 is 19.3. The molecule has 0 saturated carbocycles. The minimum Gasteiger partial charge on any atom is -0.489 e. The summed E-state index contributed by atoms with van der Waals surface area (Å²) in [6.45, 7) is 1.91. The minimum absolute atomic E-state index is 0.0766. The van der Waals surface area contributed by atoms with Gasteiger partial charge in [0.25, 0.3) is 0 Å². The Bertz CT molecular complexity index is 1130. The molecule has 0 aromatic heterocycles. The summed E-state index contributed by atoms with van der Waals surface area (Å²) in [5.74, 6) is -1.64. The molecule has 0 spiro atoms. The van der Waals surface area contributed by atoms with Crippen LogP contribution in [0.1, 0.15) is 16.7 Å². The highest BCUT2D eigenvalue weighted by atomic mass is 35.5. The molecule has 0 unspecified atom stereocenters. The Morgan fingerprint density at radius 1 is 1.06 bits per heavy atom. The SMILES string of the molecule is Cc1ccc(NC(=O)C(=O)NN=Cc2cccc(OCc3ccccc3F)c2)cc1Cl. The number of nitrogens with one attached hydrogen (secondary N) is 2. The molecule has 0 saturated heterocycles. The number of benzene rings is 3. The third-order valence-electron chi connectivity index (χ3n) is 4.23. The van der Waals surface area contributed by atoms with Gasteiger partial charge in [0.2, 0.25) is 0 Å². The maximum absolute atomic E-state index is 13.7. The molecule has 3 rings (SSSR count). The molecular weight excluding hydrogens is 421 g/mol. The van der Waals surface area contributed by atoms with E-state index in [1.54, 1.807) is 60.7 Å². The van der Waals surface area contributed by atoms with Gasteiger partial charge in [-0.1, -0.05) is 48.0 Å². The lowest BCUT2D eigenvalue weighted by Crippen LogP contribution is -2.32. The van der Waals surface area contributed by atoms with Crippen molar-refractivity contribution in [1.82, 2.24) is 5.43 Å². The average molecular weight is 440 g/mol. The van der Waals surface area contributed by atoms with E-state index >= 15 is 0 Å². The fourth-order valence-electron chi connectivity index (χ4n) is 2.54. The van der Waals surface area contributed by atoms with E-state index in [0.29, 0.717) is 27.6 Å². The van der Waals surface area contributed by atoms with Crippen molar-refractivity contribution in [2.24, 2.45) is 5.10 Å². The van der Waals surface area contributed by atoms with Gasteiger partial charge >= 0.3 is 11.8 Å². The second-order valence-corrected chi connectivity index (χ2v) is 6.98. The first-order valence-electron chi connectivity index (χ1n) is 9.29. The first-order valence-corrected chi connectivity index (χ1v) is 9.67. The van der Waals surface area contributed by atoms with Crippen LogP contribution in [0.4, 0.5) is 10.1 Å². The van der Waals surface area contributed by atoms with Crippen molar-refractivity contribution < 1.29 is 18.7 Å². The van der Waals surface area contributed by atoms with Crippen molar-refractivity contribution in [2.75, 3.05) is 5.32 Å². The predicted octanol–water partition coefficient (Wildman–Crippen LogP) is 4.46. The van der Waals surface area contributed by atoms with Gasteiger partial charge in [-0.2, -0.15) is 5.10 Å². The van der Waals surface area contributed by atoms with E-state index in [9.17, 15) is 14.0 Å². The Labute approximate surface area is 183 Å². The Kier molecular flexibility index (Phi) is 7.35. The monoisotopic (exact) mass is 439 g/mol. The van der Waals surface area contributed by atoms with Crippen LogP contribution in [0.5, 0.6) is 5.75 Å². The average Bonchev–Trinajstić information content (AvgIpc) is 2.76.